The highest BCUT2D eigenvalue weighted by atomic mass is 32.2. The highest BCUT2D eigenvalue weighted by Crippen LogP contribution is 2.35. The summed E-state index contributed by atoms with van der Waals surface area (Å²) in [6, 6.07) is 8.10. The lowest BCUT2D eigenvalue weighted by molar-refractivity contribution is -0.142. The molecule has 1 saturated carbocycles. The number of amides is 1. The Kier molecular flexibility index (Phi) is 6.84. The Hall–Kier alpha value is -3.38. The van der Waals surface area contributed by atoms with Crippen LogP contribution in [-0.2, 0) is 24.8 Å². The second-order valence-corrected chi connectivity index (χ2v) is 11.9. The summed E-state index contributed by atoms with van der Waals surface area (Å²) >= 11 is 0.997. The Bertz CT molecular complexity index is 1420. The van der Waals surface area contributed by atoms with Crippen molar-refractivity contribution in [3.8, 4) is 5.75 Å². The van der Waals surface area contributed by atoms with Gasteiger partial charge in [0.2, 0.25) is 6.10 Å². The van der Waals surface area contributed by atoms with E-state index in [9.17, 15) is 31.9 Å². The predicted molar refractivity (Wildman–Crippen MR) is 128 cm³/mol. The number of aliphatic carboxylic acids is 1. The zero-order valence-electron chi connectivity index (χ0n) is 19.2. The maximum atomic E-state index is 14.3. The highest BCUT2D eigenvalue weighted by molar-refractivity contribution is 7.92. The molecule has 1 atom stereocenters. The van der Waals surface area contributed by atoms with Crippen LogP contribution < -0.4 is 10.1 Å². The number of nitrogens with one attached hydrogen (secondary N) is 1. The van der Waals surface area contributed by atoms with Crippen molar-refractivity contribution in [2.24, 2.45) is 0 Å². The molecule has 1 unspecified atom stereocenters. The number of hydrogen-bond acceptors (Lipinski definition) is 7. The fourth-order valence-electron chi connectivity index (χ4n) is 3.27. The van der Waals surface area contributed by atoms with Crippen LogP contribution in [0.4, 0.5) is 13.9 Å². The van der Waals surface area contributed by atoms with Gasteiger partial charge >= 0.3 is 5.97 Å². The molecule has 1 aliphatic carbocycles. The van der Waals surface area contributed by atoms with Crippen LogP contribution in [0.25, 0.3) is 0 Å². The number of nitrogens with zero attached hydrogens (tertiary/aromatic N) is 1. The lowest BCUT2D eigenvalue weighted by Gasteiger charge is -2.19. The second-order valence-electron chi connectivity index (χ2n) is 8.84. The normalized spacial score (nSPS) is 14.8. The number of carbonyl (C=O) groups is 2. The molecule has 1 heterocycles. The van der Waals surface area contributed by atoms with Crippen molar-refractivity contribution in [2.45, 2.75) is 48.4 Å². The number of benzene rings is 2. The lowest BCUT2D eigenvalue weighted by Crippen LogP contribution is -2.29. The predicted octanol–water partition coefficient (Wildman–Crippen LogP) is 4.48. The van der Waals surface area contributed by atoms with Crippen molar-refractivity contribution in [2.75, 3.05) is 5.32 Å². The van der Waals surface area contributed by atoms with Crippen molar-refractivity contribution in [1.29, 1.82) is 0 Å². The molecule has 12 heteroatoms. The Balaban J connectivity index is 1.63. The summed E-state index contributed by atoms with van der Waals surface area (Å²) in [5.41, 5.74) is -0.851. The molecule has 1 aliphatic rings. The summed E-state index contributed by atoms with van der Waals surface area (Å²) in [6.07, 6.45) is -0.268. The van der Waals surface area contributed by atoms with Gasteiger partial charge in [-0.2, -0.15) is 0 Å². The Morgan fingerprint density at radius 1 is 1.17 bits per heavy atom. The minimum Gasteiger partial charge on any atom is -0.481 e. The summed E-state index contributed by atoms with van der Waals surface area (Å²) in [4.78, 5) is 29.0. The molecule has 4 rings (SSSR count). The molecule has 0 saturated heterocycles. The maximum absolute atomic E-state index is 14.3. The van der Waals surface area contributed by atoms with E-state index in [0.29, 0.717) is 18.9 Å². The number of hydrogen-bond donors (Lipinski definition) is 2. The van der Waals surface area contributed by atoms with E-state index in [0.717, 1.165) is 23.5 Å². The monoisotopic (exact) mass is 536 g/mol. The number of ether oxygens (including phenoxy) is 1. The lowest BCUT2D eigenvalue weighted by atomic mass is 9.90. The number of carboxylic acid groups (broad SMARTS) is 1. The van der Waals surface area contributed by atoms with Crippen molar-refractivity contribution in [3.05, 3.63) is 70.7 Å². The van der Waals surface area contributed by atoms with Crippen molar-refractivity contribution in [1.82, 2.24) is 4.98 Å². The van der Waals surface area contributed by atoms with Crippen molar-refractivity contribution in [3.63, 3.8) is 0 Å². The van der Waals surface area contributed by atoms with Crippen LogP contribution in [0.15, 0.2) is 52.7 Å². The molecule has 0 bridgehead atoms. The minimum absolute atomic E-state index is 0.0884. The summed E-state index contributed by atoms with van der Waals surface area (Å²) in [7, 11) is -3.47. The molecule has 36 heavy (non-hydrogen) atoms. The topological polar surface area (TPSA) is 123 Å². The van der Waals surface area contributed by atoms with Gasteiger partial charge in [0.05, 0.1) is 15.8 Å². The van der Waals surface area contributed by atoms with E-state index in [1.807, 2.05) is 0 Å². The van der Waals surface area contributed by atoms with E-state index in [1.54, 1.807) is 0 Å². The first-order valence-electron chi connectivity index (χ1n) is 10.9. The molecule has 8 nitrogen and oxygen atoms in total. The number of aromatic nitrogens is 1. The zero-order valence-corrected chi connectivity index (χ0v) is 20.8. The third-order valence-corrected chi connectivity index (χ3v) is 8.80. The molecule has 190 valence electrons. The van der Waals surface area contributed by atoms with Gasteiger partial charge in [-0.25, -0.2) is 22.2 Å². The third kappa shape index (κ3) is 5.24. The fraction of sp³-hybridized carbons (Fsp3) is 0.292. The number of carboxylic acids is 1. The molecule has 2 N–H and O–H groups in total. The van der Waals surface area contributed by atoms with Gasteiger partial charge in [0, 0.05) is 17.0 Å². The van der Waals surface area contributed by atoms with Crippen LogP contribution in [0.1, 0.15) is 44.1 Å². The zero-order chi connectivity index (χ0) is 26.3. The van der Waals surface area contributed by atoms with Gasteiger partial charge in [0.15, 0.2) is 26.5 Å². The largest absolute Gasteiger partial charge is 0.481 e. The van der Waals surface area contributed by atoms with Crippen molar-refractivity contribution < 1.29 is 36.6 Å². The van der Waals surface area contributed by atoms with Gasteiger partial charge in [0.25, 0.3) is 5.91 Å². The molecule has 1 aromatic heterocycles. The number of thiazole rings is 1. The molecular weight excluding hydrogens is 514 g/mol. The Morgan fingerprint density at radius 3 is 2.42 bits per heavy atom. The molecule has 0 spiro atoms. The standard InChI is InChI=1S/C24H22F2N2O6S2/c1-24(2,22(30)31)19-12-35-23(27-19)28-21(29)20(34-18-10-5-14(25)11-17(18)26)13-3-6-15(7-4-13)36(32,33)16-8-9-16/h3-7,10-12,16,20H,8-9H2,1-2H3,(H,30,31)(H,27,28,29). The van der Waals surface area contributed by atoms with Crippen LogP contribution in [-0.4, -0.2) is 35.6 Å². The molecule has 3 aromatic rings. The molecular formula is C24H22F2N2O6S2. The average molecular weight is 537 g/mol. The van der Waals surface area contributed by atoms with Crippen LogP contribution in [0.3, 0.4) is 0 Å². The first-order chi connectivity index (χ1) is 16.9. The number of anilines is 1. The van der Waals surface area contributed by atoms with E-state index in [-0.39, 0.29) is 21.3 Å². The maximum Gasteiger partial charge on any atom is 0.315 e. The Morgan fingerprint density at radius 2 is 1.83 bits per heavy atom. The summed E-state index contributed by atoms with van der Waals surface area (Å²) < 4.78 is 58.3. The molecule has 0 aliphatic heterocycles. The van der Waals surface area contributed by atoms with Gasteiger partial charge in [-0.05, 0) is 51.0 Å². The van der Waals surface area contributed by atoms with E-state index < -0.39 is 55.9 Å². The van der Waals surface area contributed by atoms with Crippen LogP contribution in [0.5, 0.6) is 5.75 Å². The summed E-state index contributed by atoms with van der Waals surface area (Å²) in [5.74, 6) is -4.11. The van der Waals surface area contributed by atoms with Crippen molar-refractivity contribution >= 4 is 38.2 Å². The van der Waals surface area contributed by atoms with Crippen LogP contribution >= 0.6 is 11.3 Å². The average Bonchev–Trinajstić information content (AvgIpc) is 3.58. The van der Waals surface area contributed by atoms with Crippen LogP contribution in [0, 0.1) is 11.6 Å². The smallest absolute Gasteiger partial charge is 0.315 e. The van der Waals surface area contributed by atoms with E-state index in [2.05, 4.69) is 10.3 Å². The SMILES string of the molecule is CC(C)(C(=O)O)c1csc(NC(=O)C(Oc2ccc(F)cc2F)c2ccc(S(=O)(=O)C3CC3)cc2)n1. The molecule has 1 fully saturated rings. The van der Waals surface area contributed by atoms with Gasteiger partial charge in [-0.3, -0.25) is 14.9 Å². The third-order valence-electron chi connectivity index (χ3n) is 5.76. The number of rotatable bonds is 9. The minimum atomic E-state index is -3.47. The molecule has 1 amide bonds. The molecule has 0 radical (unpaired) electrons. The number of carbonyl (C=O) groups excluding carboxylic acids is 1. The highest BCUT2D eigenvalue weighted by Gasteiger charge is 2.37. The quantitative estimate of drug-likeness (QED) is 0.413. The summed E-state index contributed by atoms with van der Waals surface area (Å²) in [6.45, 7) is 2.94. The molecule has 2 aromatic carbocycles. The van der Waals surface area contributed by atoms with Crippen LogP contribution in [0.2, 0.25) is 0 Å². The fourth-order valence-corrected chi connectivity index (χ4v) is 5.81. The van der Waals surface area contributed by atoms with Gasteiger partial charge in [0.1, 0.15) is 11.2 Å². The van der Waals surface area contributed by atoms with Gasteiger partial charge < -0.3 is 9.84 Å². The van der Waals surface area contributed by atoms with E-state index in [4.69, 9.17) is 4.74 Å². The first kappa shape index (κ1) is 25.7. The van der Waals surface area contributed by atoms with E-state index >= 15 is 0 Å². The number of halogens is 2. The van der Waals surface area contributed by atoms with Gasteiger partial charge in [-0.15, -0.1) is 11.3 Å². The van der Waals surface area contributed by atoms with Gasteiger partial charge in [-0.1, -0.05) is 12.1 Å². The Labute approximate surface area is 209 Å². The first-order valence-corrected chi connectivity index (χ1v) is 13.3. The summed E-state index contributed by atoms with van der Waals surface area (Å²) in [5, 5.41) is 13.1. The van der Waals surface area contributed by atoms with E-state index in [1.165, 1.54) is 43.5 Å². The second kappa shape index (κ2) is 9.58. The number of sulfone groups is 1.